The Morgan fingerprint density at radius 3 is 1.15 bits per heavy atom. The minimum atomic E-state index is -0.255. The smallest absolute Gasteiger partial charge is 0.407 e. The molecular formula is C47H95NO4. The van der Waals surface area contributed by atoms with E-state index in [1.807, 2.05) is 0 Å². The summed E-state index contributed by atoms with van der Waals surface area (Å²) in [5.74, 6) is 0. The van der Waals surface area contributed by atoms with Gasteiger partial charge in [-0.25, -0.2) is 4.79 Å². The average molecular weight is 738 g/mol. The zero-order valence-corrected chi connectivity index (χ0v) is 36.7. The van der Waals surface area contributed by atoms with Gasteiger partial charge in [0.15, 0.2) is 0 Å². The third kappa shape index (κ3) is 40.4. The van der Waals surface area contributed by atoms with Crippen molar-refractivity contribution in [2.24, 2.45) is 0 Å². The number of hydrogen-bond acceptors (Lipinski definition) is 4. The summed E-state index contributed by atoms with van der Waals surface area (Å²) < 4.78 is 18.0. The van der Waals surface area contributed by atoms with E-state index in [2.05, 4.69) is 53.8 Å². The Labute approximate surface area is 327 Å². The topological polar surface area (TPSA) is 56.8 Å². The third-order valence-corrected chi connectivity index (χ3v) is 10.6. The first kappa shape index (κ1) is 51.2. The first-order valence-corrected chi connectivity index (χ1v) is 23.3. The molecule has 0 aliphatic rings. The number of amides is 1. The second-order valence-electron chi connectivity index (χ2n) is 17.7. The van der Waals surface area contributed by atoms with Crippen LogP contribution in [0.15, 0.2) is 0 Å². The summed E-state index contributed by atoms with van der Waals surface area (Å²) in [5, 5.41) is 3.00. The van der Waals surface area contributed by atoms with Gasteiger partial charge >= 0.3 is 6.09 Å². The Hall–Kier alpha value is -0.810. The molecule has 0 rings (SSSR count). The van der Waals surface area contributed by atoms with Crippen LogP contribution in [-0.4, -0.2) is 43.2 Å². The number of ether oxygens (including phenoxy) is 3. The standard InChI is InChI=1S/C47H95NO4/c1-8-10-12-14-16-18-20-22-24-26-28-30-32-34-36-39-44(38-35-33-31-29-27-25-23-21-19-17-15-13-11-9-2)52-45(49)48-41-37-42-51-47(6,7)40-43-50-46(3,4)5/h44H,8-43H2,1-7H3,(H,48,49). The van der Waals surface area contributed by atoms with Crippen molar-refractivity contribution < 1.29 is 19.0 Å². The molecule has 0 bridgehead atoms. The Bertz CT molecular complexity index is 733. The first-order chi connectivity index (χ1) is 25.1. The van der Waals surface area contributed by atoms with E-state index in [0.717, 1.165) is 38.5 Å². The number of unbranched alkanes of at least 4 members (excludes halogenated alkanes) is 27. The maximum absolute atomic E-state index is 12.8. The Morgan fingerprint density at radius 2 is 0.808 bits per heavy atom. The summed E-state index contributed by atoms with van der Waals surface area (Å²) in [7, 11) is 0. The van der Waals surface area contributed by atoms with Crippen molar-refractivity contribution in [2.75, 3.05) is 19.8 Å². The minimum Gasteiger partial charge on any atom is -0.446 e. The maximum atomic E-state index is 12.8. The number of carbonyl (C=O) groups excluding carboxylic acids is 1. The van der Waals surface area contributed by atoms with Gasteiger partial charge in [-0.05, 0) is 73.1 Å². The van der Waals surface area contributed by atoms with Crippen molar-refractivity contribution in [2.45, 2.75) is 278 Å². The fourth-order valence-electron chi connectivity index (χ4n) is 7.05. The van der Waals surface area contributed by atoms with E-state index in [4.69, 9.17) is 14.2 Å². The average Bonchev–Trinajstić information content (AvgIpc) is 3.09. The van der Waals surface area contributed by atoms with E-state index in [0.29, 0.717) is 19.8 Å². The third-order valence-electron chi connectivity index (χ3n) is 10.6. The Kier molecular flexibility index (Phi) is 36.6. The molecule has 0 fully saturated rings. The molecule has 52 heavy (non-hydrogen) atoms. The second kappa shape index (κ2) is 37.1. The normalized spacial score (nSPS) is 12.8. The molecule has 0 saturated carbocycles. The summed E-state index contributed by atoms with van der Waals surface area (Å²) in [6, 6.07) is 0. The van der Waals surface area contributed by atoms with E-state index in [-0.39, 0.29) is 23.4 Å². The van der Waals surface area contributed by atoms with Crippen molar-refractivity contribution in [3.8, 4) is 0 Å². The van der Waals surface area contributed by atoms with Gasteiger partial charge in [-0.1, -0.05) is 187 Å². The molecule has 1 amide bonds. The van der Waals surface area contributed by atoms with E-state index in [1.165, 1.54) is 173 Å². The number of hydrogen-bond donors (Lipinski definition) is 1. The lowest BCUT2D eigenvalue weighted by atomic mass is 10.0. The van der Waals surface area contributed by atoms with Crippen molar-refractivity contribution in [1.29, 1.82) is 0 Å². The zero-order chi connectivity index (χ0) is 38.4. The second-order valence-corrected chi connectivity index (χ2v) is 17.7. The zero-order valence-electron chi connectivity index (χ0n) is 36.7. The Balaban J connectivity index is 4.24. The molecule has 0 spiro atoms. The lowest BCUT2D eigenvalue weighted by Crippen LogP contribution is -2.32. The lowest BCUT2D eigenvalue weighted by molar-refractivity contribution is -0.0667. The van der Waals surface area contributed by atoms with Crippen LogP contribution in [0.1, 0.15) is 260 Å². The number of rotatable bonds is 40. The number of nitrogens with one attached hydrogen (secondary N) is 1. The van der Waals surface area contributed by atoms with Gasteiger partial charge in [0.1, 0.15) is 6.10 Å². The lowest BCUT2D eigenvalue weighted by Gasteiger charge is -2.28. The van der Waals surface area contributed by atoms with Crippen LogP contribution in [0.4, 0.5) is 4.79 Å². The van der Waals surface area contributed by atoms with E-state index >= 15 is 0 Å². The predicted molar refractivity (Wildman–Crippen MR) is 228 cm³/mol. The molecule has 1 unspecified atom stereocenters. The highest BCUT2D eigenvalue weighted by Crippen LogP contribution is 2.20. The summed E-state index contributed by atoms with van der Waals surface area (Å²) in [6.07, 6.45) is 43.2. The number of carbonyl (C=O) groups is 1. The molecule has 0 radical (unpaired) electrons. The molecule has 0 aliphatic heterocycles. The summed E-state index contributed by atoms with van der Waals surface area (Å²) >= 11 is 0. The summed E-state index contributed by atoms with van der Waals surface area (Å²) in [5.41, 5.74) is -0.367. The molecule has 0 aromatic rings. The van der Waals surface area contributed by atoms with Crippen LogP contribution in [0.2, 0.25) is 0 Å². The van der Waals surface area contributed by atoms with E-state index in [9.17, 15) is 4.79 Å². The largest absolute Gasteiger partial charge is 0.446 e. The molecular weight excluding hydrogens is 643 g/mol. The highest BCUT2D eigenvalue weighted by molar-refractivity contribution is 5.67. The Morgan fingerprint density at radius 1 is 0.462 bits per heavy atom. The molecule has 1 atom stereocenters. The van der Waals surface area contributed by atoms with Crippen LogP contribution in [0.25, 0.3) is 0 Å². The van der Waals surface area contributed by atoms with Crippen LogP contribution >= 0.6 is 0 Å². The van der Waals surface area contributed by atoms with Crippen molar-refractivity contribution in [3.05, 3.63) is 0 Å². The SMILES string of the molecule is CCCCCCCCCCCCCCCCCC(CCCCCCCCCCCCCCCC)OC(=O)NCCCOC(C)(C)CCOC(C)(C)C. The predicted octanol–water partition coefficient (Wildman–Crippen LogP) is 15.6. The maximum Gasteiger partial charge on any atom is 0.407 e. The van der Waals surface area contributed by atoms with Crippen LogP contribution in [0.5, 0.6) is 0 Å². The molecule has 5 nitrogen and oxygen atoms in total. The van der Waals surface area contributed by atoms with Crippen LogP contribution in [0.3, 0.4) is 0 Å². The minimum absolute atomic E-state index is 0.0392. The van der Waals surface area contributed by atoms with Gasteiger partial charge < -0.3 is 19.5 Å². The monoisotopic (exact) mass is 738 g/mol. The molecule has 312 valence electrons. The van der Waals surface area contributed by atoms with Crippen LogP contribution in [-0.2, 0) is 14.2 Å². The van der Waals surface area contributed by atoms with Crippen molar-refractivity contribution >= 4 is 6.09 Å². The van der Waals surface area contributed by atoms with Gasteiger partial charge in [-0.15, -0.1) is 0 Å². The highest BCUT2D eigenvalue weighted by atomic mass is 16.6. The molecule has 5 heteroatoms. The fraction of sp³-hybridized carbons (Fsp3) is 0.979. The molecule has 0 aromatic heterocycles. The van der Waals surface area contributed by atoms with Crippen molar-refractivity contribution in [1.82, 2.24) is 5.32 Å². The molecule has 0 heterocycles. The quantitative estimate of drug-likeness (QED) is 0.0636. The van der Waals surface area contributed by atoms with Gasteiger partial charge in [0, 0.05) is 19.8 Å². The van der Waals surface area contributed by atoms with Gasteiger partial charge in [-0.2, -0.15) is 0 Å². The summed E-state index contributed by atoms with van der Waals surface area (Å²) in [6.45, 7) is 16.9. The van der Waals surface area contributed by atoms with Gasteiger partial charge in [0.05, 0.1) is 11.2 Å². The molecule has 0 saturated heterocycles. The molecule has 0 aliphatic carbocycles. The van der Waals surface area contributed by atoms with Gasteiger partial charge in [0.2, 0.25) is 0 Å². The first-order valence-electron chi connectivity index (χ1n) is 23.3. The fourth-order valence-corrected chi connectivity index (χ4v) is 7.05. The molecule has 1 N–H and O–H groups in total. The highest BCUT2D eigenvalue weighted by Gasteiger charge is 2.20. The van der Waals surface area contributed by atoms with Gasteiger partial charge in [-0.3, -0.25) is 0 Å². The molecule has 0 aromatic carbocycles. The van der Waals surface area contributed by atoms with E-state index in [1.54, 1.807) is 0 Å². The van der Waals surface area contributed by atoms with Crippen molar-refractivity contribution in [3.63, 3.8) is 0 Å². The van der Waals surface area contributed by atoms with Crippen LogP contribution in [0, 0.1) is 0 Å². The van der Waals surface area contributed by atoms with Gasteiger partial charge in [0.25, 0.3) is 0 Å². The number of alkyl carbamates (subject to hydrolysis) is 1. The van der Waals surface area contributed by atoms with E-state index < -0.39 is 0 Å². The summed E-state index contributed by atoms with van der Waals surface area (Å²) in [4.78, 5) is 12.8. The van der Waals surface area contributed by atoms with Crippen LogP contribution < -0.4 is 5.32 Å².